The summed E-state index contributed by atoms with van der Waals surface area (Å²) in [6, 6.07) is 9.92. The van der Waals surface area contributed by atoms with E-state index in [-0.39, 0.29) is 11.5 Å². The largest absolute Gasteiger partial charge is 0.493 e. The predicted octanol–water partition coefficient (Wildman–Crippen LogP) is 3.11. The first-order valence-corrected chi connectivity index (χ1v) is 7.46. The Morgan fingerprint density at radius 1 is 1.08 bits per heavy atom. The molecule has 6 nitrogen and oxygen atoms in total. The number of carbonyl (C=O) groups is 2. The zero-order valence-electron chi connectivity index (χ0n) is 14.0. The molecule has 128 valence electrons. The van der Waals surface area contributed by atoms with Crippen LogP contribution in [0.5, 0.6) is 17.2 Å². The number of hydrogen-bond donors (Lipinski definition) is 0. The summed E-state index contributed by atoms with van der Waals surface area (Å²) in [5, 5.41) is 0. The third kappa shape index (κ3) is 2.94. The highest BCUT2D eigenvalue weighted by atomic mass is 16.5. The number of ketones is 1. The van der Waals surface area contributed by atoms with Gasteiger partial charge in [-0.1, -0.05) is 12.1 Å². The van der Waals surface area contributed by atoms with Crippen LogP contribution in [0.4, 0.5) is 0 Å². The lowest BCUT2D eigenvalue weighted by molar-refractivity contribution is 0.0600. The Hall–Kier alpha value is -3.28. The number of esters is 1. The molecule has 0 amide bonds. The van der Waals surface area contributed by atoms with Crippen molar-refractivity contribution in [1.82, 2.24) is 0 Å². The normalized spacial score (nSPS) is 14.0. The van der Waals surface area contributed by atoms with Gasteiger partial charge >= 0.3 is 5.97 Å². The predicted molar refractivity (Wildman–Crippen MR) is 90.3 cm³/mol. The van der Waals surface area contributed by atoms with E-state index in [0.29, 0.717) is 33.9 Å². The van der Waals surface area contributed by atoms with E-state index in [1.54, 1.807) is 36.4 Å². The molecule has 0 spiro atoms. The third-order valence-electron chi connectivity index (χ3n) is 3.81. The second kappa shape index (κ2) is 6.68. The molecule has 2 aromatic carbocycles. The molecule has 3 rings (SSSR count). The van der Waals surface area contributed by atoms with Crippen LogP contribution in [0.2, 0.25) is 0 Å². The van der Waals surface area contributed by atoms with Gasteiger partial charge in [-0.15, -0.1) is 0 Å². The van der Waals surface area contributed by atoms with E-state index in [2.05, 4.69) is 4.74 Å². The van der Waals surface area contributed by atoms with Gasteiger partial charge in [-0.3, -0.25) is 4.79 Å². The number of para-hydroxylation sites is 1. The summed E-state index contributed by atoms with van der Waals surface area (Å²) in [5.74, 6) is 0.760. The van der Waals surface area contributed by atoms with Crippen LogP contribution in [-0.2, 0) is 4.74 Å². The van der Waals surface area contributed by atoms with Crippen LogP contribution in [0.1, 0.15) is 26.3 Å². The SMILES string of the molecule is COC(=O)c1ccc2c(c1)C(=O)/C(=C/c1cccc(OC)c1OC)O2. The number of ether oxygens (including phenoxy) is 4. The highest BCUT2D eigenvalue weighted by Gasteiger charge is 2.29. The molecule has 2 aromatic rings. The smallest absolute Gasteiger partial charge is 0.337 e. The van der Waals surface area contributed by atoms with Crippen LogP contribution in [0.15, 0.2) is 42.2 Å². The van der Waals surface area contributed by atoms with E-state index in [1.807, 2.05) is 0 Å². The van der Waals surface area contributed by atoms with Crippen LogP contribution in [0.25, 0.3) is 6.08 Å². The number of rotatable bonds is 4. The van der Waals surface area contributed by atoms with Crippen LogP contribution in [-0.4, -0.2) is 33.1 Å². The summed E-state index contributed by atoms with van der Waals surface area (Å²) in [7, 11) is 4.35. The number of hydrogen-bond acceptors (Lipinski definition) is 6. The molecular formula is C19H16O6. The second-order valence-corrected chi connectivity index (χ2v) is 5.23. The number of methoxy groups -OCH3 is 3. The quantitative estimate of drug-likeness (QED) is 0.629. The van der Waals surface area contributed by atoms with Crippen molar-refractivity contribution in [3.05, 3.63) is 58.8 Å². The zero-order chi connectivity index (χ0) is 18.0. The molecule has 1 heterocycles. The number of allylic oxidation sites excluding steroid dienone is 1. The molecule has 0 bridgehead atoms. The molecule has 0 radical (unpaired) electrons. The van der Waals surface area contributed by atoms with Crippen LogP contribution in [0.3, 0.4) is 0 Å². The van der Waals surface area contributed by atoms with Crippen LogP contribution in [0, 0.1) is 0 Å². The molecule has 0 atom stereocenters. The van der Waals surface area contributed by atoms with E-state index >= 15 is 0 Å². The van der Waals surface area contributed by atoms with Gasteiger partial charge in [0.2, 0.25) is 5.78 Å². The molecule has 0 saturated carbocycles. The Labute approximate surface area is 144 Å². The van der Waals surface area contributed by atoms with E-state index in [0.717, 1.165) is 0 Å². The minimum absolute atomic E-state index is 0.142. The Balaban J connectivity index is 2.00. The third-order valence-corrected chi connectivity index (χ3v) is 3.81. The monoisotopic (exact) mass is 340 g/mol. The van der Waals surface area contributed by atoms with Gasteiger partial charge < -0.3 is 18.9 Å². The van der Waals surface area contributed by atoms with Crippen molar-refractivity contribution >= 4 is 17.8 Å². The Kier molecular flexibility index (Phi) is 4.43. The van der Waals surface area contributed by atoms with E-state index in [4.69, 9.17) is 14.2 Å². The Morgan fingerprint density at radius 2 is 1.88 bits per heavy atom. The van der Waals surface area contributed by atoms with Gasteiger partial charge in [-0.25, -0.2) is 4.79 Å². The summed E-state index contributed by atoms with van der Waals surface area (Å²) < 4.78 is 20.9. The highest BCUT2D eigenvalue weighted by Crippen LogP contribution is 2.36. The van der Waals surface area contributed by atoms with Crippen molar-refractivity contribution in [3.8, 4) is 17.2 Å². The molecular weight excluding hydrogens is 324 g/mol. The van der Waals surface area contributed by atoms with Crippen molar-refractivity contribution < 1.29 is 28.5 Å². The molecule has 25 heavy (non-hydrogen) atoms. The molecule has 0 aromatic heterocycles. The van der Waals surface area contributed by atoms with Gasteiger partial charge in [-0.05, 0) is 30.3 Å². The molecule has 0 fully saturated rings. The Bertz CT molecular complexity index is 881. The van der Waals surface area contributed by atoms with Gasteiger partial charge in [-0.2, -0.15) is 0 Å². The van der Waals surface area contributed by atoms with Gasteiger partial charge in [0.1, 0.15) is 5.75 Å². The van der Waals surface area contributed by atoms with E-state index < -0.39 is 5.97 Å². The fourth-order valence-electron chi connectivity index (χ4n) is 2.60. The van der Waals surface area contributed by atoms with Crippen LogP contribution < -0.4 is 14.2 Å². The summed E-state index contributed by atoms with van der Waals surface area (Å²) in [5.41, 5.74) is 1.25. The standard InChI is InChI=1S/C19H16O6/c1-22-15-6-4-5-11(18(15)23-2)10-16-17(20)13-9-12(19(21)24-3)7-8-14(13)25-16/h4-10H,1-3H3/b16-10-. The average molecular weight is 340 g/mol. The number of benzene rings is 2. The van der Waals surface area contributed by atoms with Crippen molar-refractivity contribution in [1.29, 1.82) is 0 Å². The first-order chi connectivity index (χ1) is 12.1. The van der Waals surface area contributed by atoms with Gasteiger partial charge in [0.15, 0.2) is 17.3 Å². The van der Waals surface area contributed by atoms with E-state index in [9.17, 15) is 9.59 Å². The first-order valence-electron chi connectivity index (χ1n) is 7.46. The lowest BCUT2D eigenvalue weighted by atomic mass is 10.1. The van der Waals surface area contributed by atoms with E-state index in [1.165, 1.54) is 27.4 Å². The summed E-state index contributed by atoms with van der Waals surface area (Å²) in [6.07, 6.45) is 1.58. The van der Waals surface area contributed by atoms with Crippen molar-refractivity contribution in [2.45, 2.75) is 0 Å². The average Bonchev–Trinajstić information content (AvgIpc) is 2.96. The van der Waals surface area contributed by atoms with Crippen LogP contribution >= 0.6 is 0 Å². The topological polar surface area (TPSA) is 71.1 Å². The van der Waals surface area contributed by atoms with Crippen molar-refractivity contribution in [2.24, 2.45) is 0 Å². The number of Topliss-reactive ketones (excluding diaryl/α,β-unsaturated/α-hetero) is 1. The lowest BCUT2D eigenvalue weighted by Gasteiger charge is -2.10. The van der Waals surface area contributed by atoms with Gasteiger partial charge in [0, 0.05) is 5.56 Å². The fraction of sp³-hybridized carbons (Fsp3) is 0.158. The Morgan fingerprint density at radius 3 is 2.56 bits per heavy atom. The molecule has 6 heteroatoms. The molecule has 0 aliphatic carbocycles. The zero-order valence-corrected chi connectivity index (χ0v) is 14.0. The second-order valence-electron chi connectivity index (χ2n) is 5.23. The lowest BCUT2D eigenvalue weighted by Crippen LogP contribution is -2.03. The molecule has 1 aliphatic rings. The summed E-state index contributed by atoms with van der Waals surface area (Å²) >= 11 is 0. The molecule has 1 aliphatic heterocycles. The fourth-order valence-corrected chi connectivity index (χ4v) is 2.60. The summed E-state index contributed by atoms with van der Waals surface area (Å²) in [6.45, 7) is 0. The number of fused-ring (bicyclic) bond motifs is 1. The maximum absolute atomic E-state index is 12.6. The highest BCUT2D eigenvalue weighted by molar-refractivity contribution is 6.15. The summed E-state index contributed by atoms with van der Waals surface area (Å²) in [4.78, 5) is 24.2. The first kappa shape index (κ1) is 16.6. The minimum Gasteiger partial charge on any atom is -0.493 e. The molecule has 0 N–H and O–H groups in total. The molecule has 0 unspecified atom stereocenters. The van der Waals surface area contributed by atoms with Gasteiger partial charge in [0.25, 0.3) is 0 Å². The maximum atomic E-state index is 12.6. The number of carbonyl (C=O) groups excluding carboxylic acids is 2. The van der Waals surface area contributed by atoms with Crippen molar-refractivity contribution in [3.63, 3.8) is 0 Å². The molecule has 0 saturated heterocycles. The van der Waals surface area contributed by atoms with Crippen molar-refractivity contribution in [2.75, 3.05) is 21.3 Å². The minimum atomic E-state index is -0.512. The maximum Gasteiger partial charge on any atom is 0.337 e. The van der Waals surface area contributed by atoms with Gasteiger partial charge in [0.05, 0.1) is 32.5 Å².